The lowest BCUT2D eigenvalue weighted by Gasteiger charge is -2.29. The molecular formula is C15H17N3O3. The molecule has 2 aromatic rings. The van der Waals surface area contributed by atoms with E-state index in [4.69, 9.17) is 9.15 Å². The quantitative estimate of drug-likeness (QED) is 0.868. The zero-order chi connectivity index (χ0) is 14.5. The molecule has 1 saturated heterocycles. The van der Waals surface area contributed by atoms with Gasteiger partial charge in [0.2, 0.25) is 12.3 Å². The van der Waals surface area contributed by atoms with E-state index >= 15 is 0 Å². The number of rotatable bonds is 3. The van der Waals surface area contributed by atoms with Crippen LogP contribution in [0.1, 0.15) is 30.2 Å². The van der Waals surface area contributed by atoms with Crippen molar-refractivity contribution >= 4 is 6.09 Å². The molecule has 1 aromatic heterocycles. The van der Waals surface area contributed by atoms with Crippen molar-refractivity contribution in [2.45, 2.75) is 25.4 Å². The van der Waals surface area contributed by atoms with Crippen LogP contribution in [0.4, 0.5) is 4.79 Å². The Bertz CT molecular complexity index is 563. The Morgan fingerprint density at radius 2 is 2.05 bits per heavy atom. The van der Waals surface area contributed by atoms with Crippen molar-refractivity contribution in [1.82, 2.24) is 15.1 Å². The summed E-state index contributed by atoms with van der Waals surface area (Å²) in [5.41, 5.74) is 0.992. The molecule has 21 heavy (non-hydrogen) atoms. The molecular weight excluding hydrogens is 270 g/mol. The molecule has 110 valence electrons. The van der Waals surface area contributed by atoms with E-state index in [1.54, 1.807) is 4.90 Å². The minimum atomic E-state index is -0.261. The summed E-state index contributed by atoms with van der Waals surface area (Å²) in [7, 11) is 0. The van der Waals surface area contributed by atoms with E-state index in [0.29, 0.717) is 25.6 Å². The number of hydrogen-bond acceptors (Lipinski definition) is 5. The summed E-state index contributed by atoms with van der Waals surface area (Å²) in [4.78, 5) is 13.7. The van der Waals surface area contributed by atoms with Crippen molar-refractivity contribution in [3.05, 3.63) is 48.2 Å². The Labute approximate surface area is 122 Å². The van der Waals surface area contributed by atoms with Crippen LogP contribution in [0.5, 0.6) is 0 Å². The number of carbonyl (C=O) groups excluding carboxylic acids is 1. The highest BCUT2D eigenvalue weighted by Gasteiger charge is 2.27. The predicted molar refractivity (Wildman–Crippen MR) is 74.5 cm³/mol. The summed E-state index contributed by atoms with van der Waals surface area (Å²) in [6, 6.07) is 9.68. The number of hydrogen-bond donors (Lipinski definition) is 0. The molecule has 0 N–H and O–H groups in total. The first-order valence-electron chi connectivity index (χ1n) is 7.04. The molecule has 1 aliphatic heterocycles. The lowest BCUT2D eigenvalue weighted by molar-refractivity contribution is 0.0856. The predicted octanol–water partition coefficient (Wildman–Crippen LogP) is 2.59. The number of carbonyl (C=O) groups is 1. The van der Waals surface area contributed by atoms with Gasteiger partial charge in [0, 0.05) is 19.0 Å². The minimum Gasteiger partial charge on any atom is -0.445 e. The minimum absolute atomic E-state index is 0.241. The van der Waals surface area contributed by atoms with Gasteiger partial charge >= 0.3 is 6.09 Å². The van der Waals surface area contributed by atoms with Crippen molar-refractivity contribution in [2.24, 2.45) is 0 Å². The van der Waals surface area contributed by atoms with Crippen LogP contribution in [-0.4, -0.2) is 34.3 Å². The van der Waals surface area contributed by atoms with Gasteiger partial charge in [0.05, 0.1) is 0 Å². The van der Waals surface area contributed by atoms with E-state index in [2.05, 4.69) is 10.2 Å². The second-order valence-corrected chi connectivity index (χ2v) is 5.08. The number of likely N-dealkylation sites (tertiary alicyclic amines) is 1. The standard InChI is InChI=1S/C15H17N3O3/c19-15(20-10-12-4-2-1-3-5-12)18-8-6-13(7-9-18)14-17-16-11-21-14/h1-5,11,13H,6-10H2. The van der Waals surface area contributed by atoms with Gasteiger partial charge in [-0.25, -0.2) is 4.79 Å². The van der Waals surface area contributed by atoms with Crippen molar-refractivity contribution in [1.29, 1.82) is 0 Å². The third-order valence-corrected chi connectivity index (χ3v) is 3.68. The molecule has 3 rings (SSSR count). The molecule has 1 fully saturated rings. The molecule has 0 unspecified atom stereocenters. The van der Waals surface area contributed by atoms with E-state index in [1.807, 2.05) is 30.3 Å². The van der Waals surface area contributed by atoms with Gasteiger partial charge in [0.1, 0.15) is 6.61 Å². The second-order valence-electron chi connectivity index (χ2n) is 5.08. The molecule has 0 spiro atoms. The second kappa shape index (κ2) is 6.39. The Hall–Kier alpha value is -2.37. The average Bonchev–Trinajstić information content (AvgIpc) is 3.08. The van der Waals surface area contributed by atoms with Gasteiger partial charge < -0.3 is 14.1 Å². The van der Waals surface area contributed by atoms with Gasteiger partial charge in [0.25, 0.3) is 0 Å². The maximum atomic E-state index is 12.0. The Kier molecular flexibility index (Phi) is 4.14. The Morgan fingerprint density at radius 3 is 2.71 bits per heavy atom. The van der Waals surface area contributed by atoms with Crippen molar-refractivity contribution in [3.8, 4) is 0 Å². The summed E-state index contributed by atoms with van der Waals surface area (Å²) in [6.07, 6.45) is 2.73. The van der Waals surface area contributed by atoms with Crippen LogP contribution in [-0.2, 0) is 11.3 Å². The smallest absolute Gasteiger partial charge is 0.410 e. The fraction of sp³-hybridized carbons (Fsp3) is 0.400. The third kappa shape index (κ3) is 3.39. The lowest BCUT2D eigenvalue weighted by atomic mass is 9.97. The van der Waals surface area contributed by atoms with Crippen LogP contribution in [0.25, 0.3) is 0 Å². The van der Waals surface area contributed by atoms with Crippen LogP contribution in [0.3, 0.4) is 0 Å². The highest BCUT2D eigenvalue weighted by atomic mass is 16.6. The average molecular weight is 287 g/mol. The Morgan fingerprint density at radius 1 is 1.29 bits per heavy atom. The van der Waals surface area contributed by atoms with Crippen molar-refractivity contribution in [3.63, 3.8) is 0 Å². The summed E-state index contributed by atoms with van der Waals surface area (Å²) >= 11 is 0. The molecule has 0 aliphatic carbocycles. The van der Waals surface area contributed by atoms with Crippen LogP contribution in [0.15, 0.2) is 41.1 Å². The van der Waals surface area contributed by atoms with Gasteiger partial charge in [-0.1, -0.05) is 30.3 Å². The maximum Gasteiger partial charge on any atom is 0.410 e. The molecule has 0 radical (unpaired) electrons. The Balaban J connectivity index is 1.47. The topological polar surface area (TPSA) is 68.5 Å². The van der Waals surface area contributed by atoms with E-state index in [9.17, 15) is 4.79 Å². The molecule has 2 heterocycles. The first-order valence-corrected chi connectivity index (χ1v) is 7.04. The first kappa shape index (κ1) is 13.6. The molecule has 1 aliphatic rings. The highest BCUT2D eigenvalue weighted by Crippen LogP contribution is 2.26. The number of benzene rings is 1. The van der Waals surface area contributed by atoms with Crippen LogP contribution in [0.2, 0.25) is 0 Å². The fourth-order valence-electron chi connectivity index (χ4n) is 2.48. The molecule has 0 atom stereocenters. The first-order chi connectivity index (χ1) is 10.3. The van der Waals surface area contributed by atoms with E-state index in [-0.39, 0.29) is 12.0 Å². The molecule has 1 amide bonds. The highest BCUT2D eigenvalue weighted by molar-refractivity contribution is 5.67. The van der Waals surface area contributed by atoms with Gasteiger partial charge in [-0.15, -0.1) is 10.2 Å². The zero-order valence-electron chi connectivity index (χ0n) is 11.6. The molecule has 6 heteroatoms. The number of ether oxygens (including phenoxy) is 1. The lowest BCUT2D eigenvalue weighted by Crippen LogP contribution is -2.38. The molecule has 6 nitrogen and oxygen atoms in total. The van der Waals surface area contributed by atoms with Gasteiger partial charge in [-0.3, -0.25) is 0 Å². The van der Waals surface area contributed by atoms with Crippen LogP contribution >= 0.6 is 0 Å². The number of aromatic nitrogens is 2. The van der Waals surface area contributed by atoms with E-state index in [0.717, 1.165) is 18.4 Å². The van der Waals surface area contributed by atoms with Gasteiger partial charge in [-0.2, -0.15) is 0 Å². The van der Waals surface area contributed by atoms with Crippen molar-refractivity contribution in [2.75, 3.05) is 13.1 Å². The summed E-state index contributed by atoms with van der Waals surface area (Å²) in [6.45, 7) is 1.62. The summed E-state index contributed by atoms with van der Waals surface area (Å²) in [5.74, 6) is 0.901. The van der Waals surface area contributed by atoms with Crippen molar-refractivity contribution < 1.29 is 13.9 Å². The largest absolute Gasteiger partial charge is 0.445 e. The van der Waals surface area contributed by atoms with E-state index in [1.165, 1.54) is 6.39 Å². The van der Waals surface area contributed by atoms with E-state index < -0.39 is 0 Å². The summed E-state index contributed by atoms with van der Waals surface area (Å²) < 4.78 is 10.5. The van der Waals surface area contributed by atoms with Crippen LogP contribution in [0, 0.1) is 0 Å². The number of piperidine rings is 1. The normalized spacial score (nSPS) is 15.9. The zero-order valence-corrected chi connectivity index (χ0v) is 11.6. The van der Waals surface area contributed by atoms with Gasteiger partial charge in [0.15, 0.2) is 0 Å². The third-order valence-electron chi connectivity index (χ3n) is 3.68. The number of nitrogens with zero attached hydrogens (tertiary/aromatic N) is 3. The summed E-state index contributed by atoms with van der Waals surface area (Å²) in [5, 5.41) is 7.63. The molecule has 1 aromatic carbocycles. The van der Waals surface area contributed by atoms with Gasteiger partial charge in [-0.05, 0) is 18.4 Å². The fourth-order valence-corrected chi connectivity index (χ4v) is 2.48. The number of amides is 1. The SMILES string of the molecule is O=C(OCc1ccccc1)N1CCC(c2nnco2)CC1. The molecule has 0 saturated carbocycles. The molecule has 0 bridgehead atoms. The monoisotopic (exact) mass is 287 g/mol. The van der Waals surface area contributed by atoms with Crippen LogP contribution < -0.4 is 0 Å². The maximum absolute atomic E-state index is 12.0.